The first kappa shape index (κ1) is 18.6. The van der Waals surface area contributed by atoms with E-state index in [1.165, 1.54) is 31.2 Å². The summed E-state index contributed by atoms with van der Waals surface area (Å²) in [7, 11) is 0. The van der Waals surface area contributed by atoms with E-state index < -0.39 is 23.9 Å². The molecule has 23 heavy (non-hydrogen) atoms. The van der Waals surface area contributed by atoms with Crippen LogP contribution in [0.25, 0.3) is 0 Å². The van der Waals surface area contributed by atoms with Crippen molar-refractivity contribution in [2.75, 3.05) is 0 Å². The Morgan fingerprint density at radius 1 is 1.13 bits per heavy atom. The van der Waals surface area contributed by atoms with Crippen molar-refractivity contribution in [1.82, 2.24) is 10.6 Å². The second kappa shape index (κ2) is 8.26. The predicted octanol–water partition coefficient (Wildman–Crippen LogP) is 0.499. The van der Waals surface area contributed by atoms with Crippen LogP contribution in [0.5, 0.6) is 0 Å². The standard InChI is InChI=1S/C16H22FN3O3/c1-9(2)14(15(18)22)20-16(23)13(19-10(3)21)8-11-4-6-12(17)7-5-11/h4-7,9,13-14H,8H2,1-3H3,(H2,18,22)(H,19,21)(H,20,23)/t13-,14-/m1/s1. The largest absolute Gasteiger partial charge is 0.368 e. The summed E-state index contributed by atoms with van der Waals surface area (Å²) in [5, 5.41) is 5.08. The average Bonchev–Trinajstić information content (AvgIpc) is 2.44. The van der Waals surface area contributed by atoms with Crippen LogP contribution in [0.15, 0.2) is 24.3 Å². The van der Waals surface area contributed by atoms with Crippen molar-refractivity contribution in [3.8, 4) is 0 Å². The van der Waals surface area contributed by atoms with Crippen molar-refractivity contribution >= 4 is 17.7 Å². The van der Waals surface area contributed by atoms with Gasteiger partial charge in [-0.15, -0.1) is 0 Å². The number of rotatable bonds is 7. The number of hydrogen-bond acceptors (Lipinski definition) is 3. The summed E-state index contributed by atoms with van der Waals surface area (Å²) in [6.45, 7) is 4.80. The lowest BCUT2D eigenvalue weighted by atomic mass is 10.0. The van der Waals surface area contributed by atoms with Gasteiger partial charge in [-0.1, -0.05) is 26.0 Å². The van der Waals surface area contributed by atoms with Gasteiger partial charge in [-0.3, -0.25) is 14.4 Å². The number of primary amides is 1. The Bertz CT molecular complexity index is 572. The molecule has 0 saturated carbocycles. The number of benzene rings is 1. The van der Waals surface area contributed by atoms with Gasteiger partial charge in [-0.25, -0.2) is 4.39 Å². The van der Waals surface area contributed by atoms with Crippen LogP contribution in [-0.4, -0.2) is 29.8 Å². The van der Waals surface area contributed by atoms with Gasteiger partial charge in [0.1, 0.15) is 17.9 Å². The van der Waals surface area contributed by atoms with E-state index in [0.717, 1.165) is 0 Å². The van der Waals surface area contributed by atoms with Crippen LogP contribution in [0.2, 0.25) is 0 Å². The highest BCUT2D eigenvalue weighted by Crippen LogP contribution is 2.08. The molecule has 0 aliphatic heterocycles. The van der Waals surface area contributed by atoms with Gasteiger partial charge in [0.25, 0.3) is 0 Å². The van der Waals surface area contributed by atoms with Gasteiger partial charge in [0.2, 0.25) is 17.7 Å². The molecule has 0 radical (unpaired) electrons. The van der Waals surface area contributed by atoms with Crippen LogP contribution in [0.1, 0.15) is 26.3 Å². The second-order valence-electron chi connectivity index (χ2n) is 5.72. The van der Waals surface area contributed by atoms with Gasteiger partial charge in [0.15, 0.2) is 0 Å². The summed E-state index contributed by atoms with van der Waals surface area (Å²) in [4.78, 5) is 35.1. The molecular formula is C16H22FN3O3. The SMILES string of the molecule is CC(=O)N[C@H](Cc1ccc(F)cc1)C(=O)N[C@@H](C(N)=O)C(C)C. The van der Waals surface area contributed by atoms with E-state index in [1.54, 1.807) is 13.8 Å². The number of carbonyl (C=O) groups is 3. The normalized spacial score (nSPS) is 13.3. The molecule has 1 aromatic carbocycles. The monoisotopic (exact) mass is 323 g/mol. The molecule has 2 atom stereocenters. The van der Waals surface area contributed by atoms with E-state index in [2.05, 4.69) is 10.6 Å². The topological polar surface area (TPSA) is 101 Å². The van der Waals surface area contributed by atoms with Gasteiger partial charge in [-0.05, 0) is 23.6 Å². The van der Waals surface area contributed by atoms with E-state index in [1.807, 2.05) is 0 Å². The fourth-order valence-electron chi connectivity index (χ4n) is 2.13. The Morgan fingerprint density at radius 3 is 2.13 bits per heavy atom. The molecule has 0 spiro atoms. The van der Waals surface area contributed by atoms with Gasteiger partial charge in [0, 0.05) is 13.3 Å². The molecule has 6 nitrogen and oxygen atoms in total. The molecule has 1 rings (SSSR count). The third-order valence-electron chi connectivity index (χ3n) is 3.32. The first-order valence-electron chi connectivity index (χ1n) is 7.32. The lowest BCUT2D eigenvalue weighted by molar-refractivity contribution is -0.131. The first-order chi connectivity index (χ1) is 10.7. The van der Waals surface area contributed by atoms with E-state index in [0.29, 0.717) is 5.56 Å². The molecule has 0 saturated heterocycles. The number of amides is 3. The summed E-state index contributed by atoms with van der Waals surface area (Å²) < 4.78 is 12.9. The number of carbonyl (C=O) groups excluding carboxylic acids is 3. The number of nitrogens with two attached hydrogens (primary N) is 1. The van der Waals surface area contributed by atoms with E-state index in [9.17, 15) is 18.8 Å². The summed E-state index contributed by atoms with van der Waals surface area (Å²) in [5.74, 6) is -2.10. The molecule has 0 heterocycles. The lowest BCUT2D eigenvalue weighted by Crippen LogP contribution is -2.55. The van der Waals surface area contributed by atoms with Crippen molar-refractivity contribution in [1.29, 1.82) is 0 Å². The molecule has 4 N–H and O–H groups in total. The van der Waals surface area contributed by atoms with Crippen molar-refractivity contribution in [3.05, 3.63) is 35.6 Å². The summed E-state index contributed by atoms with van der Waals surface area (Å²) >= 11 is 0. The number of nitrogens with one attached hydrogen (secondary N) is 2. The van der Waals surface area contributed by atoms with Gasteiger partial charge in [0.05, 0.1) is 0 Å². The zero-order valence-electron chi connectivity index (χ0n) is 13.4. The molecular weight excluding hydrogens is 301 g/mol. The van der Waals surface area contributed by atoms with E-state index in [-0.39, 0.29) is 24.1 Å². The fraction of sp³-hybridized carbons (Fsp3) is 0.438. The predicted molar refractivity (Wildman–Crippen MR) is 83.7 cm³/mol. The first-order valence-corrected chi connectivity index (χ1v) is 7.32. The molecule has 0 aromatic heterocycles. The fourth-order valence-corrected chi connectivity index (χ4v) is 2.13. The third-order valence-corrected chi connectivity index (χ3v) is 3.32. The quantitative estimate of drug-likeness (QED) is 0.681. The minimum Gasteiger partial charge on any atom is -0.368 e. The zero-order valence-corrected chi connectivity index (χ0v) is 13.4. The van der Waals surface area contributed by atoms with Crippen LogP contribution >= 0.6 is 0 Å². The molecule has 0 unspecified atom stereocenters. The molecule has 0 aliphatic rings. The average molecular weight is 323 g/mol. The van der Waals surface area contributed by atoms with Crippen LogP contribution in [-0.2, 0) is 20.8 Å². The summed E-state index contributed by atoms with van der Waals surface area (Å²) in [5.41, 5.74) is 5.95. The maximum atomic E-state index is 12.9. The maximum Gasteiger partial charge on any atom is 0.243 e. The van der Waals surface area contributed by atoms with Crippen LogP contribution in [0, 0.1) is 11.7 Å². The number of hydrogen-bond donors (Lipinski definition) is 3. The molecule has 0 bridgehead atoms. The van der Waals surface area contributed by atoms with Crippen molar-refractivity contribution in [2.24, 2.45) is 11.7 Å². The minimum absolute atomic E-state index is 0.176. The van der Waals surface area contributed by atoms with Crippen molar-refractivity contribution in [3.63, 3.8) is 0 Å². The molecule has 0 fully saturated rings. The molecule has 126 valence electrons. The summed E-state index contributed by atoms with van der Waals surface area (Å²) in [6, 6.07) is 3.92. The molecule has 0 aliphatic carbocycles. The Hall–Kier alpha value is -2.44. The molecule has 3 amide bonds. The highest BCUT2D eigenvalue weighted by molar-refractivity contribution is 5.91. The summed E-state index contributed by atoms with van der Waals surface area (Å²) in [6.07, 6.45) is 0.176. The van der Waals surface area contributed by atoms with Crippen LogP contribution in [0.3, 0.4) is 0 Å². The molecule has 1 aromatic rings. The van der Waals surface area contributed by atoms with Crippen LogP contribution < -0.4 is 16.4 Å². The third kappa shape index (κ3) is 6.06. The maximum absolute atomic E-state index is 12.9. The van der Waals surface area contributed by atoms with Gasteiger partial charge >= 0.3 is 0 Å². The van der Waals surface area contributed by atoms with E-state index in [4.69, 9.17) is 5.73 Å². The Kier molecular flexibility index (Phi) is 6.68. The minimum atomic E-state index is -0.876. The van der Waals surface area contributed by atoms with E-state index >= 15 is 0 Å². The number of halogens is 1. The highest BCUT2D eigenvalue weighted by atomic mass is 19.1. The van der Waals surface area contributed by atoms with Crippen LogP contribution in [0.4, 0.5) is 4.39 Å². The smallest absolute Gasteiger partial charge is 0.243 e. The van der Waals surface area contributed by atoms with Gasteiger partial charge < -0.3 is 16.4 Å². The Balaban J connectivity index is 2.87. The van der Waals surface area contributed by atoms with Crippen molar-refractivity contribution < 1.29 is 18.8 Å². The Morgan fingerprint density at radius 2 is 1.70 bits per heavy atom. The van der Waals surface area contributed by atoms with Crippen molar-refractivity contribution in [2.45, 2.75) is 39.3 Å². The molecule has 7 heteroatoms. The zero-order chi connectivity index (χ0) is 17.6. The lowest BCUT2D eigenvalue weighted by Gasteiger charge is -2.23. The van der Waals surface area contributed by atoms with Gasteiger partial charge in [-0.2, -0.15) is 0 Å². The highest BCUT2D eigenvalue weighted by Gasteiger charge is 2.27. The Labute approximate surface area is 134 Å². The second-order valence-corrected chi connectivity index (χ2v) is 5.72.